The van der Waals surface area contributed by atoms with Crippen molar-refractivity contribution in [2.24, 2.45) is 0 Å². The molecular weight excluding hydrogens is 456 g/mol. The highest BCUT2D eigenvalue weighted by atomic mass is 79.9. The van der Waals surface area contributed by atoms with Crippen molar-refractivity contribution >= 4 is 15.9 Å². The summed E-state index contributed by atoms with van der Waals surface area (Å²) in [5, 5.41) is 14.4. The molecule has 0 spiro atoms. The Labute approximate surface area is 190 Å². The highest BCUT2D eigenvalue weighted by molar-refractivity contribution is 9.10. The number of benzene rings is 2. The molecule has 0 bridgehead atoms. The van der Waals surface area contributed by atoms with Gasteiger partial charge in [-0.1, -0.05) is 64.5 Å². The van der Waals surface area contributed by atoms with Crippen molar-refractivity contribution in [2.45, 2.75) is 32.8 Å². The molecule has 2 heterocycles. The van der Waals surface area contributed by atoms with Gasteiger partial charge in [0.15, 0.2) is 5.82 Å². The summed E-state index contributed by atoms with van der Waals surface area (Å²) in [7, 11) is 0. The number of rotatable bonds is 9. The quantitative estimate of drug-likeness (QED) is 0.492. The lowest BCUT2D eigenvalue weighted by atomic mass is 10.1. The van der Waals surface area contributed by atoms with Gasteiger partial charge in [-0.15, -0.1) is 10.2 Å². The Morgan fingerprint density at radius 2 is 2.03 bits per heavy atom. The average Bonchev–Trinajstić information content (AvgIpc) is 3.31. The first-order valence-corrected chi connectivity index (χ1v) is 11.0. The van der Waals surface area contributed by atoms with E-state index in [0.717, 1.165) is 34.4 Å². The Kier molecular flexibility index (Phi) is 7.11. The number of tetrazole rings is 1. The lowest BCUT2D eigenvalue weighted by Gasteiger charge is -2.38. The maximum absolute atomic E-state index is 6.20. The number of nitrogens with one attached hydrogen (secondary N) is 1. The summed E-state index contributed by atoms with van der Waals surface area (Å²) in [5.41, 5.74) is 2.28. The van der Waals surface area contributed by atoms with E-state index in [9.17, 15) is 0 Å². The Morgan fingerprint density at radius 1 is 1.16 bits per heavy atom. The van der Waals surface area contributed by atoms with Crippen LogP contribution in [0.4, 0.5) is 0 Å². The van der Waals surface area contributed by atoms with Gasteiger partial charge in [0.25, 0.3) is 0 Å². The molecule has 31 heavy (non-hydrogen) atoms. The van der Waals surface area contributed by atoms with E-state index in [1.807, 2.05) is 36.4 Å². The van der Waals surface area contributed by atoms with Crippen molar-refractivity contribution in [2.75, 3.05) is 6.54 Å². The van der Waals surface area contributed by atoms with Crippen molar-refractivity contribution in [3.8, 4) is 5.75 Å². The predicted molar refractivity (Wildman–Crippen MR) is 123 cm³/mol. The zero-order valence-electron chi connectivity index (χ0n) is 17.4. The first-order chi connectivity index (χ1) is 15.2. The summed E-state index contributed by atoms with van der Waals surface area (Å²) in [6.07, 6.45) is 8.43. The number of allylic oxidation sites excluding steroid dienone is 2. The minimum Gasteiger partial charge on any atom is -0.489 e. The molecule has 0 fully saturated rings. The summed E-state index contributed by atoms with van der Waals surface area (Å²) in [4.78, 5) is 4.59. The fourth-order valence-corrected chi connectivity index (χ4v) is 3.98. The molecule has 1 aliphatic rings. The average molecular weight is 481 g/mol. The third kappa shape index (κ3) is 5.59. The minimum absolute atomic E-state index is 0.0782. The molecule has 0 radical (unpaired) electrons. The van der Waals surface area contributed by atoms with Gasteiger partial charge >= 0.3 is 0 Å². The molecule has 7 nitrogen and oxygen atoms in total. The van der Waals surface area contributed by atoms with E-state index >= 15 is 0 Å². The van der Waals surface area contributed by atoms with Gasteiger partial charge in [0, 0.05) is 22.8 Å². The number of aromatic nitrogens is 4. The summed E-state index contributed by atoms with van der Waals surface area (Å²) in [6.45, 7) is 4.90. The van der Waals surface area contributed by atoms with E-state index in [1.54, 1.807) is 0 Å². The number of nitrogens with zero attached hydrogens (tertiary/aromatic N) is 5. The fourth-order valence-electron chi connectivity index (χ4n) is 3.57. The fraction of sp³-hybridized carbons (Fsp3) is 0.261. The van der Waals surface area contributed by atoms with Gasteiger partial charge in [-0.05, 0) is 42.5 Å². The van der Waals surface area contributed by atoms with Crippen LogP contribution in [-0.4, -0.2) is 43.1 Å². The van der Waals surface area contributed by atoms with E-state index in [4.69, 9.17) is 4.74 Å². The number of likely N-dealkylation sites (N-methyl/N-ethyl adjacent to an activating group) is 1. The molecule has 8 heteroatoms. The van der Waals surface area contributed by atoms with Crippen LogP contribution in [0.25, 0.3) is 0 Å². The number of ether oxygens (including phenoxy) is 1. The van der Waals surface area contributed by atoms with E-state index in [1.165, 1.54) is 0 Å². The zero-order chi connectivity index (χ0) is 21.5. The molecular formula is C23H25BrN6O. The molecule has 0 aliphatic carbocycles. The van der Waals surface area contributed by atoms with Crippen LogP contribution in [-0.2, 0) is 19.7 Å². The predicted octanol–water partition coefficient (Wildman–Crippen LogP) is 4.27. The Hall–Kier alpha value is -2.97. The van der Waals surface area contributed by atoms with E-state index < -0.39 is 0 Å². The third-order valence-corrected chi connectivity index (χ3v) is 5.63. The Balaban J connectivity index is 1.51. The Morgan fingerprint density at radius 3 is 2.81 bits per heavy atom. The van der Waals surface area contributed by atoms with Crippen LogP contribution in [0.3, 0.4) is 0 Å². The highest BCUT2D eigenvalue weighted by Gasteiger charge is 2.24. The van der Waals surface area contributed by atoms with Crippen molar-refractivity contribution in [3.05, 3.63) is 94.4 Å². The molecule has 1 aromatic heterocycles. The van der Waals surface area contributed by atoms with Crippen LogP contribution in [0.15, 0.2) is 77.4 Å². The maximum Gasteiger partial charge on any atom is 0.193 e. The van der Waals surface area contributed by atoms with Crippen LogP contribution < -0.4 is 4.74 Å². The van der Waals surface area contributed by atoms with Crippen LogP contribution >= 0.6 is 15.9 Å². The van der Waals surface area contributed by atoms with E-state index in [0.29, 0.717) is 19.0 Å². The molecule has 1 N–H and O–H groups in total. The standard InChI is InChI=1S/C23H25BrN6O/c1-2-29(23-10-6-7-13-30(23)16-22-25-27-28-26-22)15-19-14-20(24)11-12-21(19)31-17-18-8-4-3-5-9-18/h3-14,23H,2,15-17H2,1H3,(H,25,26,27,28). The third-order valence-electron chi connectivity index (χ3n) is 5.14. The molecule has 4 rings (SSSR count). The highest BCUT2D eigenvalue weighted by Crippen LogP contribution is 2.27. The second kappa shape index (κ2) is 10.4. The van der Waals surface area contributed by atoms with Crippen molar-refractivity contribution in [1.29, 1.82) is 0 Å². The first-order valence-electron chi connectivity index (χ1n) is 10.2. The molecule has 0 saturated heterocycles. The van der Waals surface area contributed by atoms with Gasteiger partial charge in [-0.3, -0.25) is 4.90 Å². The number of halogens is 1. The largest absolute Gasteiger partial charge is 0.489 e. The van der Waals surface area contributed by atoms with Gasteiger partial charge in [0.1, 0.15) is 18.5 Å². The molecule has 160 valence electrons. The zero-order valence-corrected chi connectivity index (χ0v) is 18.9. The van der Waals surface area contributed by atoms with Crippen molar-refractivity contribution < 1.29 is 4.74 Å². The van der Waals surface area contributed by atoms with Gasteiger partial charge in [0.2, 0.25) is 0 Å². The maximum atomic E-state index is 6.20. The van der Waals surface area contributed by atoms with Crippen LogP contribution in [0.1, 0.15) is 23.9 Å². The summed E-state index contributed by atoms with van der Waals surface area (Å²) < 4.78 is 7.23. The number of aromatic amines is 1. The summed E-state index contributed by atoms with van der Waals surface area (Å²) in [5.74, 6) is 1.56. The lowest BCUT2D eigenvalue weighted by molar-refractivity contribution is 0.100. The molecule has 1 unspecified atom stereocenters. The van der Waals surface area contributed by atoms with Crippen molar-refractivity contribution in [1.82, 2.24) is 30.4 Å². The molecule has 0 amide bonds. The van der Waals surface area contributed by atoms with Crippen LogP contribution in [0, 0.1) is 0 Å². The molecule has 3 aromatic rings. The van der Waals surface area contributed by atoms with Crippen LogP contribution in [0.2, 0.25) is 0 Å². The van der Waals surface area contributed by atoms with E-state index in [2.05, 4.69) is 89.8 Å². The van der Waals surface area contributed by atoms with E-state index in [-0.39, 0.29) is 6.17 Å². The van der Waals surface area contributed by atoms with Crippen molar-refractivity contribution in [3.63, 3.8) is 0 Å². The topological polar surface area (TPSA) is 70.2 Å². The summed E-state index contributed by atoms with van der Waals surface area (Å²) >= 11 is 3.62. The molecule has 1 aliphatic heterocycles. The SMILES string of the molecule is CCN(Cc1cc(Br)ccc1OCc1ccccc1)C1C=CC=CN1Cc1nn[nH]n1. The second-order valence-corrected chi connectivity index (χ2v) is 8.15. The number of hydrogen-bond donors (Lipinski definition) is 1. The lowest BCUT2D eigenvalue weighted by Crippen LogP contribution is -2.45. The van der Waals surface area contributed by atoms with Gasteiger partial charge in [-0.2, -0.15) is 5.21 Å². The first kappa shape index (κ1) is 21.3. The number of H-pyrrole nitrogens is 1. The molecule has 0 saturated carbocycles. The smallest absolute Gasteiger partial charge is 0.193 e. The Bertz CT molecular complexity index is 1020. The van der Waals surface area contributed by atoms with Gasteiger partial charge < -0.3 is 9.64 Å². The number of hydrogen-bond acceptors (Lipinski definition) is 6. The second-order valence-electron chi connectivity index (χ2n) is 7.23. The molecule has 2 aromatic carbocycles. The van der Waals surface area contributed by atoms with Crippen LogP contribution in [0.5, 0.6) is 5.75 Å². The summed E-state index contributed by atoms with van der Waals surface area (Å²) in [6, 6.07) is 16.4. The van der Waals surface area contributed by atoms with Gasteiger partial charge in [-0.25, -0.2) is 0 Å². The minimum atomic E-state index is 0.0782. The molecule has 1 atom stereocenters. The normalized spacial score (nSPS) is 15.6. The monoisotopic (exact) mass is 480 g/mol. The van der Waals surface area contributed by atoms with Gasteiger partial charge in [0.05, 0.1) is 6.54 Å².